The molecule has 0 aliphatic carbocycles. The zero-order valence-corrected chi connectivity index (χ0v) is 9.65. The molecule has 0 bridgehead atoms. The van der Waals surface area contributed by atoms with Gasteiger partial charge in [-0.2, -0.15) is 4.98 Å². The number of hydrogen-bond acceptors (Lipinski definition) is 4. The zero-order valence-electron chi connectivity index (χ0n) is 9.65. The number of pyridine rings is 1. The van der Waals surface area contributed by atoms with E-state index in [0.29, 0.717) is 18.1 Å². The summed E-state index contributed by atoms with van der Waals surface area (Å²) in [6.45, 7) is 0. The fourth-order valence-corrected chi connectivity index (χ4v) is 1.72. The summed E-state index contributed by atoms with van der Waals surface area (Å²) >= 11 is 0. The first-order valence-electron chi connectivity index (χ1n) is 5.69. The summed E-state index contributed by atoms with van der Waals surface area (Å²) in [6.07, 6.45) is 4.07. The van der Waals surface area contributed by atoms with Gasteiger partial charge >= 0.3 is 0 Å². The van der Waals surface area contributed by atoms with Gasteiger partial charge in [0.1, 0.15) is 0 Å². The Morgan fingerprint density at radius 2 is 1.72 bits per heavy atom. The molecule has 0 aliphatic rings. The van der Waals surface area contributed by atoms with Crippen LogP contribution in [0.4, 0.5) is 0 Å². The van der Waals surface area contributed by atoms with E-state index in [1.807, 2.05) is 42.5 Å². The lowest BCUT2D eigenvalue weighted by Crippen LogP contribution is -1.87. The van der Waals surface area contributed by atoms with Crippen molar-refractivity contribution in [1.82, 2.24) is 15.1 Å². The quantitative estimate of drug-likeness (QED) is 0.702. The maximum Gasteiger partial charge on any atom is 0.231 e. The summed E-state index contributed by atoms with van der Waals surface area (Å²) in [4.78, 5) is 8.33. The molecule has 3 rings (SSSR count). The average Bonchev–Trinajstić information content (AvgIpc) is 2.89. The average molecular weight is 237 g/mol. The van der Waals surface area contributed by atoms with Crippen molar-refractivity contribution < 1.29 is 4.52 Å². The monoisotopic (exact) mass is 237 g/mol. The predicted octanol–water partition coefficient (Wildman–Crippen LogP) is 2.72. The van der Waals surface area contributed by atoms with Gasteiger partial charge in [-0.15, -0.1) is 0 Å². The number of aromatic nitrogens is 3. The molecule has 0 amide bonds. The van der Waals surface area contributed by atoms with Gasteiger partial charge in [-0.05, 0) is 17.7 Å². The molecule has 2 aromatic heterocycles. The Morgan fingerprint density at radius 1 is 0.944 bits per heavy atom. The Morgan fingerprint density at radius 3 is 2.50 bits per heavy atom. The highest BCUT2D eigenvalue weighted by Gasteiger charge is 2.08. The first kappa shape index (κ1) is 10.7. The number of hydrogen-bond donors (Lipinski definition) is 0. The van der Waals surface area contributed by atoms with Crippen LogP contribution < -0.4 is 0 Å². The van der Waals surface area contributed by atoms with Crippen LogP contribution in [0, 0.1) is 0 Å². The molecule has 18 heavy (non-hydrogen) atoms. The van der Waals surface area contributed by atoms with E-state index in [1.54, 1.807) is 12.4 Å². The van der Waals surface area contributed by atoms with Crippen LogP contribution in [-0.2, 0) is 6.42 Å². The topological polar surface area (TPSA) is 51.8 Å². The molecule has 0 radical (unpaired) electrons. The van der Waals surface area contributed by atoms with E-state index in [0.717, 1.165) is 11.1 Å². The van der Waals surface area contributed by atoms with Crippen molar-refractivity contribution in [3.63, 3.8) is 0 Å². The minimum absolute atomic E-state index is 0.600. The van der Waals surface area contributed by atoms with Crippen LogP contribution >= 0.6 is 0 Å². The molecular formula is C14H11N3O. The fourth-order valence-electron chi connectivity index (χ4n) is 1.72. The lowest BCUT2D eigenvalue weighted by Gasteiger charge is -1.94. The second-order valence-electron chi connectivity index (χ2n) is 3.91. The number of benzene rings is 1. The minimum atomic E-state index is 0.600. The van der Waals surface area contributed by atoms with Gasteiger partial charge in [0.25, 0.3) is 0 Å². The van der Waals surface area contributed by atoms with E-state index in [-0.39, 0.29) is 0 Å². The molecule has 0 saturated carbocycles. The van der Waals surface area contributed by atoms with Crippen LogP contribution in [0.3, 0.4) is 0 Å². The SMILES string of the molecule is c1ccc(Cc2nc(-c3ccncc3)no2)cc1. The fraction of sp³-hybridized carbons (Fsp3) is 0.0714. The lowest BCUT2D eigenvalue weighted by atomic mass is 10.1. The highest BCUT2D eigenvalue weighted by molar-refractivity contribution is 5.52. The molecule has 2 heterocycles. The van der Waals surface area contributed by atoms with E-state index in [1.165, 1.54) is 0 Å². The normalized spacial score (nSPS) is 10.4. The van der Waals surface area contributed by atoms with Crippen molar-refractivity contribution in [1.29, 1.82) is 0 Å². The molecule has 0 fully saturated rings. The summed E-state index contributed by atoms with van der Waals surface area (Å²) < 4.78 is 5.24. The van der Waals surface area contributed by atoms with Crippen LogP contribution in [0.2, 0.25) is 0 Å². The molecule has 4 heteroatoms. The third-order valence-electron chi connectivity index (χ3n) is 2.60. The van der Waals surface area contributed by atoms with E-state index in [9.17, 15) is 0 Å². The van der Waals surface area contributed by atoms with Crippen LogP contribution in [0.25, 0.3) is 11.4 Å². The Kier molecular flexibility index (Phi) is 2.84. The molecule has 0 unspecified atom stereocenters. The van der Waals surface area contributed by atoms with E-state index in [2.05, 4.69) is 15.1 Å². The molecule has 4 nitrogen and oxygen atoms in total. The maximum atomic E-state index is 5.24. The van der Waals surface area contributed by atoms with Gasteiger partial charge in [0.2, 0.25) is 11.7 Å². The molecule has 88 valence electrons. The molecule has 0 saturated heterocycles. The summed E-state index contributed by atoms with van der Waals surface area (Å²) in [7, 11) is 0. The van der Waals surface area contributed by atoms with Crippen LogP contribution in [0.1, 0.15) is 11.5 Å². The van der Waals surface area contributed by atoms with Crippen molar-refractivity contribution in [2.45, 2.75) is 6.42 Å². The number of rotatable bonds is 3. The Hall–Kier alpha value is -2.49. The summed E-state index contributed by atoms with van der Waals surface area (Å²) in [5.41, 5.74) is 2.07. The molecular weight excluding hydrogens is 226 g/mol. The molecule has 3 aromatic rings. The van der Waals surface area contributed by atoms with Crippen molar-refractivity contribution in [2.75, 3.05) is 0 Å². The second kappa shape index (κ2) is 4.79. The minimum Gasteiger partial charge on any atom is -0.339 e. The van der Waals surface area contributed by atoms with Crippen molar-refractivity contribution >= 4 is 0 Å². The van der Waals surface area contributed by atoms with E-state index < -0.39 is 0 Å². The van der Waals surface area contributed by atoms with Crippen LogP contribution in [0.5, 0.6) is 0 Å². The molecule has 0 aliphatic heterocycles. The molecule has 0 spiro atoms. The summed E-state index contributed by atoms with van der Waals surface area (Å²) in [5, 5.41) is 3.97. The largest absolute Gasteiger partial charge is 0.339 e. The van der Waals surface area contributed by atoms with Gasteiger partial charge in [-0.3, -0.25) is 4.98 Å². The van der Waals surface area contributed by atoms with Crippen molar-refractivity contribution in [2.24, 2.45) is 0 Å². The van der Waals surface area contributed by atoms with Gasteiger partial charge in [0.15, 0.2) is 0 Å². The van der Waals surface area contributed by atoms with Gasteiger partial charge < -0.3 is 4.52 Å². The van der Waals surface area contributed by atoms with E-state index in [4.69, 9.17) is 4.52 Å². The van der Waals surface area contributed by atoms with Crippen molar-refractivity contribution in [3.05, 3.63) is 66.3 Å². The van der Waals surface area contributed by atoms with Crippen LogP contribution in [0.15, 0.2) is 59.4 Å². The first-order chi connectivity index (χ1) is 8.92. The standard InChI is InChI=1S/C14H11N3O/c1-2-4-11(5-3-1)10-13-16-14(17-18-13)12-6-8-15-9-7-12/h1-9H,10H2. The van der Waals surface area contributed by atoms with Gasteiger partial charge in [0, 0.05) is 18.0 Å². The Bertz CT molecular complexity index is 620. The Labute approximate surface area is 104 Å². The highest BCUT2D eigenvalue weighted by Crippen LogP contribution is 2.15. The summed E-state index contributed by atoms with van der Waals surface area (Å²) in [5.74, 6) is 1.22. The summed E-state index contributed by atoms with van der Waals surface area (Å²) in [6, 6.07) is 13.8. The maximum absolute atomic E-state index is 5.24. The third-order valence-corrected chi connectivity index (χ3v) is 2.60. The smallest absolute Gasteiger partial charge is 0.231 e. The van der Waals surface area contributed by atoms with Gasteiger partial charge in [-0.1, -0.05) is 35.5 Å². The lowest BCUT2D eigenvalue weighted by molar-refractivity contribution is 0.385. The second-order valence-corrected chi connectivity index (χ2v) is 3.91. The third kappa shape index (κ3) is 2.27. The van der Waals surface area contributed by atoms with E-state index >= 15 is 0 Å². The molecule has 0 N–H and O–H groups in total. The van der Waals surface area contributed by atoms with Gasteiger partial charge in [0.05, 0.1) is 6.42 Å². The molecule has 1 aromatic carbocycles. The predicted molar refractivity (Wildman–Crippen MR) is 66.8 cm³/mol. The molecule has 0 atom stereocenters. The van der Waals surface area contributed by atoms with Gasteiger partial charge in [-0.25, -0.2) is 0 Å². The first-order valence-corrected chi connectivity index (χ1v) is 5.69. The van der Waals surface area contributed by atoms with Crippen LogP contribution in [-0.4, -0.2) is 15.1 Å². The van der Waals surface area contributed by atoms with Crippen molar-refractivity contribution in [3.8, 4) is 11.4 Å². The number of nitrogens with zero attached hydrogens (tertiary/aromatic N) is 3. The Balaban J connectivity index is 1.82. The highest BCUT2D eigenvalue weighted by atomic mass is 16.5. The zero-order chi connectivity index (χ0) is 12.2.